The minimum absolute atomic E-state index is 0.664. The maximum atomic E-state index is 8.67. The largest absolute Gasteiger partial charge is 0.497 e. The molecule has 0 radical (unpaired) electrons. The highest BCUT2D eigenvalue weighted by Gasteiger charge is 2.03. The predicted molar refractivity (Wildman–Crippen MR) is 108 cm³/mol. The van der Waals surface area contributed by atoms with Gasteiger partial charge in [0.25, 0.3) is 0 Å². The second-order valence-electron chi connectivity index (χ2n) is 5.90. The van der Waals surface area contributed by atoms with Crippen molar-refractivity contribution in [3.8, 4) is 5.75 Å². The molecule has 2 aromatic rings. The van der Waals surface area contributed by atoms with Gasteiger partial charge in [0, 0.05) is 39.6 Å². The van der Waals surface area contributed by atoms with Crippen molar-refractivity contribution in [2.45, 2.75) is 6.54 Å². The monoisotopic (exact) mass is 354 g/mol. The fourth-order valence-electron chi connectivity index (χ4n) is 2.43. The van der Waals surface area contributed by atoms with Gasteiger partial charge in [-0.25, -0.2) is 0 Å². The van der Waals surface area contributed by atoms with E-state index in [4.69, 9.17) is 9.94 Å². The molecule has 0 atom stereocenters. The highest BCUT2D eigenvalue weighted by atomic mass is 16.5. The van der Waals surface area contributed by atoms with Crippen LogP contribution >= 0.6 is 0 Å². The molecule has 0 saturated carbocycles. The number of aliphatic imine (C=N–C) groups is 1. The lowest BCUT2D eigenvalue weighted by atomic mass is 10.1. The van der Waals surface area contributed by atoms with Crippen molar-refractivity contribution >= 4 is 23.7 Å². The minimum atomic E-state index is 0.664. The Bertz CT molecular complexity index is 740. The van der Waals surface area contributed by atoms with Gasteiger partial charge in [-0.2, -0.15) is 0 Å². The summed E-state index contributed by atoms with van der Waals surface area (Å²) >= 11 is 0. The number of benzene rings is 2. The molecule has 138 valence electrons. The van der Waals surface area contributed by atoms with Gasteiger partial charge in [-0.15, -0.1) is 0 Å². The van der Waals surface area contributed by atoms with E-state index in [-0.39, 0.29) is 0 Å². The summed E-state index contributed by atoms with van der Waals surface area (Å²) in [5.74, 6) is 0.858. The summed E-state index contributed by atoms with van der Waals surface area (Å²) in [6.45, 7) is 1.43. The zero-order valence-electron chi connectivity index (χ0n) is 15.4. The number of methoxy groups -OCH3 is 1. The van der Waals surface area contributed by atoms with Crippen LogP contribution in [0.15, 0.2) is 53.7 Å². The lowest BCUT2D eigenvalue weighted by Crippen LogP contribution is -2.15. The lowest BCUT2D eigenvalue weighted by Gasteiger charge is -2.15. The Labute approximate surface area is 154 Å². The van der Waals surface area contributed by atoms with E-state index in [2.05, 4.69) is 10.3 Å². The van der Waals surface area contributed by atoms with Crippen molar-refractivity contribution in [1.29, 1.82) is 0 Å². The average molecular weight is 354 g/mol. The molecule has 6 nitrogen and oxygen atoms in total. The Morgan fingerprint density at radius 1 is 1.15 bits per heavy atom. The lowest BCUT2D eigenvalue weighted by molar-refractivity contribution is 0.215. The van der Waals surface area contributed by atoms with Gasteiger partial charge in [-0.05, 0) is 41.5 Å². The number of anilines is 1. The third-order valence-corrected chi connectivity index (χ3v) is 3.79. The summed E-state index contributed by atoms with van der Waals surface area (Å²) < 4.78 is 5.16. The SMILES string of the molecule is COc1ccc(CNCC=Nc2cc(/C=C/NO)ccc2N(C)C)cc1. The topological polar surface area (TPSA) is 69.1 Å². The van der Waals surface area contributed by atoms with Crippen LogP contribution in [-0.4, -0.2) is 39.2 Å². The van der Waals surface area contributed by atoms with Crippen molar-refractivity contribution in [3.05, 3.63) is 59.8 Å². The maximum Gasteiger partial charge on any atom is 0.118 e. The van der Waals surface area contributed by atoms with Crippen molar-refractivity contribution in [3.63, 3.8) is 0 Å². The third kappa shape index (κ3) is 5.91. The highest BCUT2D eigenvalue weighted by Crippen LogP contribution is 2.28. The van der Waals surface area contributed by atoms with Gasteiger partial charge in [0.2, 0.25) is 0 Å². The highest BCUT2D eigenvalue weighted by molar-refractivity contribution is 5.76. The van der Waals surface area contributed by atoms with Crippen molar-refractivity contribution < 1.29 is 9.94 Å². The first kappa shape index (κ1) is 19.5. The van der Waals surface area contributed by atoms with Crippen LogP contribution in [0.1, 0.15) is 11.1 Å². The first-order valence-electron chi connectivity index (χ1n) is 8.37. The predicted octanol–water partition coefficient (Wildman–Crippen LogP) is 3.20. The fourth-order valence-corrected chi connectivity index (χ4v) is 2.43. The Kier molecular flexibility index (Phi) is 7.67. The van der Waals surface area contributed by atoms with Crippen LogP contribution in [0.4, 0.5) is 11.4 Å². The molecule has 0 unspecified atom stereocenters. The molecule has 6 heteroatoms. The van der Waals surface area contributed by atoms with Gasteiger partial charge in [0.15, 0.2) is 0 Å². The van der Waals surface area contributed by atoms with E-state index in [1.807, 2.05) is 73.2 Å². The Morgan fingerprint density at radius 3 is 2.58 bits per heavy atom. The second-order valence-corrected chi connectivity index (χ2v) is 5.90. The second kappa shape index (κ2) is 10.2. The van der Waals surface area contributed by atoms with Crippen LogP contribution < -0.4 is 20.4 Å². The van der Waals surface area contributed by atoms with E-state index in [1.165, 1.54) is 11.8 Å². The van der Waals surface area contributed by atoms with E-state index in [0.717, 1.165) is 29.2 Å². The molecule has 3 N–H and O–H groups in total. The van der Waals surface area contributed by atoms with Crippen LogP contribution in [0.5, 0.6) is 5.75 Å². The van der Waals surface area contributed by atoms with E-state index >= 15 is 0 Å². The maximum absolute atomic E-state index is 8.67. The van der Waals surface area contributed by atoms with Crippen molar-refractivity contribution in [1.82, 2.24) is 10.8 Å². The fraction of sp³-hybridized carbons (Fsp3) is 0.250. The third-order valence-electron chi connectivity index (χ3n) is 3.79. The van der Waals surface area contributed by atoms with E-state index < -0.39 is 0 Å². The first-order valence-corrected chi connectivity index (χ1v) is 8.37. The zero-order chi connectivity index (χ0) is 18.8. The Hall–Kier alpha value is -2.83. The normalized spacial score (nSPS) is 11.2. The molecule has 2 rings (SSSR count). The smallest absolute Gasteiger partial charge is 0.118 e. The summed E-state index contributed by atoms with van der Waals surface area (Å²) in [6.07, 6.45) is 5.11. The average Bonchev–Trinajstić information content (AvgIpc) is 2.66. The van der Waals surface area contributed by atoms with Gasteiger partial charge >= 0.3 is 0 Å². The van der Waals surface area contributed by atoms with Crippen LogP contribution in [0.25, 0.3) is 6.08 Å². The molecular weight excluding hydrogens is 328 g/mol. The summed E-state index contributed by atoms with van der Waals surface area (Å²) in [7, 11) is 5.64. The number of hydrogen-bond acceptors (Lipinski definition) is 6. The quantitative estimate of drug-likeness (QED) is 0.366. The summed E-state index contributed by atoms with van der Waals surface area (Å²) in [4.78, 5) is 6.61. The minimum Gasteiger partial charge on any atom is -0.497 e. The number of nitrogens with zero attached hydrogens (tertiary/aromatic N) is 2. The molecule has 0 aliphatic rings. The van der Waals surface area contributed by atoms with E-state index in [9.17, 15) is 0 Å². The summed E-state index contributed by atoms with van der Waals surface area (Å²) in [6, 6.07) is 13.9. The first-order chi connectivity index (χ1) is 12.6. The molecule has 0 aliphatic heterocycles. The molecule has 0 saturated heterocycles. The molecule has 0 aliphatic carbocycles. The van der Waals surface area contributed by atoms with Gasteiger partial charge < -0.3 is 15.0 Å². The van der Waals surface area contributed by atoms with Gasteiger partial charge in [-0.1, -0.05) is 18.2 Å². The van der Waals surface area contributed by atoms with Crippen LogP contribution in [0.3, 0.4) is 0 Å². The van der Waals surface area contributed by atoms with E-state index in [0.29, 0.717) is 6.54 Å². The van der Waals surface area contributed by atoms with Gasteiger partial charge in [0.1, 0.15) is 5.75 Å². The molecule has 0 bridgehead atoms. The van der Waals surface area contributed by atoms with Gasteiger partial charge in [0.05, 0.1) is 18.5 Å². The number of hydrogen-bond donors (Lipinski definition) is 3. The Morgan fingerprint density at radius 2 is 1.92 bits per heavy atom. The standard InChI is InChI=1S/C20H26N4O2/c1-24(2)20-9-6-16(10-11-23-25)14-19(20)22-13-12-21-15-17-4-7-18(26-3)8-5-17/h4-11,13-14,21,23,25H,12,15H2,1-3H3/b11-10+,22-13?. The van der Waals surface area contributed by atoms with Crippen LogP contribution in [-0.2, 0) is 6.54 Å². The molecular formula is C20H26N4O2. The summed E-state index contributed by atoms with van der Waals surface area (Å²) in [5, 5.41) is 12.0. The van der Waals surface area contributed by atoms with Crippen molar-refractivity contribution in [2.24, 2.45) is 4.99 Å². The number of ether oxygens (including phenoxy) is 1. The Balaban J connectivity index is 1.95. The van der Waals surface area contributed by atoms with Crippen LogP contribution in [0, 0.1) is 0 Å². The molecule has 0 spiro atoms. The van der Waals surface area contributed by atoms with Crippen molar-refractivity contribution in [2.75, 3.05) is 32.6 Å². The number of rotatable bonds is 9. The van der Waals surface area contributed by atoms with Gasteiger partial charge in [-0.3, -0.25) is 15.7 Å². The van der Waals surface area contributed by atoms with E-state index in [1.54, 1.807) is 13.2 Å². The molecule has 0 amide bonds. The number of nitrogens with one attached hydrogen (secondary N) is 2. The molecule has 0 fully saturated rings. The number of hydroxylamine groups is 1. The molecule has 26 heavy (non-hydrogen) atoms. The molecule has 0 heterocycles. The zero-order valence-corrected chi connectivity index (χ0v) is 15.4. The summed E-state index contributed by atoms with van der Waals surface area (Å²) in [5.41, 5.74) is 6.06. The molecule has 0 aromatic heterocycles. The molecule has 2 aromatic carbocycles. The van der Waals surface area contributed by atoms with Crippen LogP contribution in [0.2, 0.25) is 0 Å².